The van der Waals surface area contributed by atoms with Crippen LogP contribution in [0.5, 0.6) is 11.5 Å². The highest BCUT2D eigenvalue weighted by molar-refractivity contribution is 6.08. The van der Waals surface area contributed by atoms with E-state index in [1.54, 1.807) is 13.3 Å². The Kier molecular flexibility index (Phi) is 7.63. The molecule has 2 aromatic heterocycles. The van der Waals surface area contributed by atoms with Gasteiger partial charge in [-0.05, 0) is 77.3 Å². The second-order valence-corrected chi connectivity index (χ2v) is 11.4. The summed E-state index contributed by atoms with van der Waals surface area (Å²) in [6, 6.07) is 5.73. The van der Waals surface area contributed by atoms with Gasteiger partial charge in [-0.25, -0.2) is 14.8 Å². The Morgan fingerprint density at radius 1 is 1.03 bits per heavy atom. The summed E-state index contributed by atoms with van der Waals surface area (Å²) >= 11 is 0. The summed E-state index contributed by atoms with van der Waals surface area (Å²) in [5, 5.41) is 6.09. The van der Waals surface area contributed by atoms with Gasteiger partial charge < -0.3 is 29.8 Å². The first-order chi connectivity index (χ1) is 18.7. The molecule has 208 valence electrons. The number of rotatable bonds is 8. The molecule has 3 aromatic rings. The van der Waals surface area contributed by atoms with Gasteiger partial charge in [-0.15, -0.1) is 0 Å². The van der Waals surface area contributed by atoms with E-state index in [1.807, 2.05) is 39.0 Å². The van der Waals surface area contributed by atoms with Gasteiger partial charge in [0.25, 0.3) is 5.91 Å². The van der Waals surface area contributed by atoms with Gasteiger partial charge in [0.2, 0.25) is 0 Å². The largest absolute Gasteiger partial charge is 0.497 e. The molecule has 0 bridgehead atoms. The molecule has 3 N–H and O–H groups in total. The van der Waals surface area contributed by atoms with E-state index < -0.39 is 11.7 Å². The highest BCUT2D eigenvalue weighted by atomic mass is 16.6. The van der Waals surface area contributed by atoms with E-state index >= 15 is 0 Å². The minimum absolute atomic E-state index is 0.0180. The predicted octanol–water partition coefficient (Wildman–Crippen LogP) is 4.99. The summed E-state index contributed by atoms with van der Waals surface area (Å²) in [4.78, 5) is 37.5. The topological polar surface area (TPSA) is 127 Å². The van der Waals surface area contributed by atoms with Crippen LogP contribution in [0.2, 0.25) is 0 Å². The normalized spacial score (nSPS) is 19.4. The lowest BCUT2D eigenvalue weighted by atomic mass is 9.91. The van der Waals surface area contributed by atoms with Crippen LogP contribution in [0.15, 0.2) is 30.7 Å². The van der Waals surface area contributed by atoms with Crippen molar-refractivity contribution in [2.45, 2.75) is 77.0 Å². The number of carbonyl (C=O) groups is 2. The van der Waals surface area contributed by atoms with Crippen molar-refractivity contribution in [1.29, 1.82) is 0 Å². The predicted molar refractivity (Wildman–Crippen MR) is 147 cm³/mol. The number of nitrogens with zero attached hydrogens (tertiary/aromatic N) is 2. The number of ether oxygens (including phenoxy) is 3. The molecule has 10 heteroatoms. The first-order valence-electron chi connectivity index (χ1n) is 13.6. The van der Waals surface area contributed by atoms with Gasteiger partial charge in [0, 0.05) is 29.9 Å². The van der Waals surface area contributed by atoms with Gasteiger partial charge in [0.15, 0.2) is 0 Å². The zero-order valence-corrected chi connectivity index (χ0v) is 23.0. The van der Waals surface area contributed by atoms with E-state index in [0.29, 0.717) is 46.3 Å². The maximum atomic E-state index is 13.3. The summed E-state index contributed by atoms with van der Waals surface area (Å²) in [5.41, 5.74) is 2.65. The van der Waals surface area contributed by atoms with Crippen LogP contribution >= 0.6 is 0 Å². The molecule has 0 radical (unpaired) electrons. The van der Waals surface area contributed by atoms with Crippen molar-refractivity contribution in [2.24, 2.45) is 5.92 Å². The standard InChI is InChI=1S/C29H37N5O5/c1-29(2,3)39-28(36)34-19-9-7-18(8-10-19)33-27(35)22-14-30-26-24(31-16-32-25(22)26)21-12-11-20(37-4)13-23(21)38-15-17-5-6-17/h11-14,16-19,30H,5-10,15H2,1-4H3,(H,33,35)(H,34,36)/t18-,19+. The fourth-order valence-corrected chi connectivity index (χ4v) is 4.87. The second-order valence-electron chi connectivity index (χ2n) is 11.4. The number of alkyl carbamates (subject to hydrolysis) is 1. The zero-order valence-electron chi connectivity index (χ0n) is 23.0. The summed E-state index contributed by atoms with van der Waals surface area (Å²) in [7, 11) is 1.63. The molecule has 2 heterocycles. The summed E-state index contributed by atoms with van der Waals surface area (Å²) in [6.45, 7) is 6.19. The van der Waals surface area contributed by atoms with Crippen molar-refractivity contribution in [2.75, 3.05) is 13.7 Å². The van der Waals surface area contributed by atoms with E-state index in [-0.39, 0.29) is 18.0 Å². The average Bonchev–Trinajstić information content (AvgIpc) is 3.63. The van der Waals surface area contributed by atoms with Crippen molar-refractivity contribution >= 4 is 23.0 Å². The van der Waals surface area contributed by atoms with Crippen molar-refractivity contribution < 1.29 is 23.8 Å². The third-order valence-corrected chi connectivity index (χ3v) is 7.11. The molecular formula is C29H37N5O5. The molecule has 2 amide bonds. The van der Waals surface area contributed by atoms with Crippen LogP contribution in [0.4, 0.5) is 4.79 Å². The third-order valence-electron chi connectivity index (χ3n) is 7.11. The molecule has 2 fully saturated rings. The highest BCUT2D eigenvalue weighted by Gasteiger charge is 2.27. The number of hydrogen-bond donors (Lipinski definition) is 3. The Balaban J connectivity index is 1.27. The highest BCUT2D eigenvalue weighted by Crippen LogP contribution is 2.37. The van der Waals surface area contributed by atoms with Crippen LogP contribution < -0.4 is 20.1 Å². The number of H-pyrrole nitrogens is 1. The fraction of sp³-hybridized carbons (Fsp3) is 0.517. The monoisotopic (exact) mass is 535 g/mol. The molecule has 39 heavy (non-hydrogen) atoms. The van der Waals surface area contributed by atoms with Gasteiger partial charge in [0.05, 0.1) is 24.8 Å². The molecule has 0 aliphatic heterocycles. The third kappa shape index (κ3) is 6.61. The lowest BCUT2D eigenvalue weighted by Crippen LogP contribution is -2.45. The molecule has 0 unspecified atom stereocenters. The number of nitrogens with one attached hydrogen (secondary N) is 3. The number of hydrogen-bond acceptors (Lipinski definition) is 7. The summed E-state index contributed by atoms with van der Waals surface area (Å²) in [5.74, 6) is 1.81. The molecule has 2 aliphatic rings. The zero-order chi connectivity index (χ0) is 27.6. The number of methoxy groups -OCH3 is 1. The lowest BCUT2D eigenvalue weighted by Gasteiger charge is -2.30. The number of aromatic amines is 1. The first-order valence-corrected chi connectivity index (χ1v) is 13.6. The van der Waals surface area contributed by atoms with Crippen LogP contribution in [-0.4, -0.2) is 58.4 Å². The van der Waals surface area contributed by atoms with E-state index in [1.165, 1.54) is 19.2 Å². The van der Waals surface area contributed by atoms with Crippen LogP contribution in [0.25, 0.3) is 22.3 Å². The fourth-order valence-electron chi connectivity index (χ4n) is 4.87. The maximum Gasteiger partial charge on any atom is 0.407 e. The molecule has 0 spiro atoms. The number of aromatic nitrogens is 3. The molecule has 2 aliphatic carbocycles. The minimum atomic E-state index is -0.531. The minimum Gasteiger partial charge on any atom is -0.497 e. The number of amides is 2. The van der Waals surface area contributed by atoms with Gasteiger partial charge in [-0.1, -0.05) is 0 Å². The molecule has 0 atom stereocenters. The van der Waals surface area contributed by atoms with E-state index in [2.05, 4.69) is 25.6 Å². The van der Waals surface area contributed by atoms with Gasteiger partial charge in [-0.3, -0.25) is 4.79 Å². The van der Waals surface area contributed by atoms with Gasteiger partial charge >= 0.3 is 6.09 Å². The van der Waals surface area contributed by atoms with Crippen molar-refractivity contribution in [1.82, 2.24) is 25.6 Å². The summed E-state index contributed by atoms with van der Waals surface area (Å²) < 4.78 is 16.9. The van der Waals surface area contributed by atoms with E-state index in [4.69, 9.17) is 14.2 Å². The molecule has 1 aromatic carbocycles. The van der Waals surface area contributed by atoms with Gasteiger partial charge in [-0.2, -0.15) is 0 Å². The first kappa shape index (κ1) is 26.8. The Morgan fingerprint density at radius 3 is 2.41 bits per heavy atom. The average molecular weight is 536 g/mol. The molecule has 0 saturated heterocycles. The molecule has 2 saturated carbocycles. The molecular weight excluding hydrogens is 498 g/mol. The molecule has 5 rings (SSSR count). The van der Waals surface area contributed by atoms with Crippen molar-refractivity contribution in [3.63, 3.8) is 0 Å². The number of carbonyl (C=O) groups excluding carboxylic acids is 2. The van der Waals surface area contributed by atoms with Crippen LogP contribution in [0, 0.1) is 5.92 Å². The van der Waals surface area contributed by atoms with E-state index in [0.717, 1.165) is 31.2 Å². The quantitative estimate of drug-likeness (QED) is 0.371. The SMILES string of the molecule is COc1ccc(-c2ncnc3c(C(=O)N[C@H]4CC[C@@H](NC(=O)OC(C)(C)C)CC4)c[nH]c23)c(OCC2CC2)c1. The van der Waals surface area contributed by atoms with Gasteiger partial charge in [0.1, 0.15) is 34.6 Å². The van der Waals surface area contributed by atoms with Crippen LogP contribution in [0.1, 0.15) is 69.7 Å². The van der Waals surface area contributed by atoms with E-state index in [9.17, 15) is 9.59 Å². The van der Waals surface area contributed by atoms with Crippen molar-refractivity contribution in [3.8, 4) is 22.8 Å². The molecule has 10 nitrogen and oxygen atoms in total. The maximum absolute atomic E-state index is 13.3. The van der Waals surface area contributed by atoms with Crippen LogP contribution in [-0.2, 0) is 4.74 Å². The Labute approximate surface area is 228 Å². The number of fused-ring (bicyclic) bond motifs is 1. The Bertz CT molecular complexity index is 1340. The van der Waals surface area contributed by atoms with Crippen LogP contribution in [0.3, 0.4) is 0 Å². The van der Waals surface area contributed by atoms with Crippen molar-refractivity contribution in [3.05, 3.63) is 36.3 Å². The smallest absolute Gasteiger partial charge is 0.407 e. The Morgan fingerprint density at radius 2 is 1.74 bits per heavy atom. The number of benzene rings is 1. The Hall–Kier alpha value is -3.82. The summed E-state index contributed by atoms with van der Waals surface area (Å²) in [6.07, 6.45) is 8.21. The lowest BCUT2D eigenvalue weighted by molar-refractivity contribution is 0.0488. The second kappa shape index (κ2) is 11.1.